The van der Waals surface area contributed by atoms with Crippen LogP contribution in [0.25, 0.3) is 0 Å². The van der Waals surface area contributed by atoms with Gasteiger partial charge in [-0.25, -0.2) is 0 Å². The molecule has 0 spiro atoms. The zero-order valence-corrected chi connectivity index (χ0v) is 10.1. The van der Waals surface area contributed by atoms with Gasteiger partial charge >= 0.3 is 80.9 Å². The molecule has 0 saturated heterocycles. The molecule has 0 radical (unpaired) electrons. The van der Waals surface area contributed by atoms with Gasteiger partial charge in [-0.15, -0.1) is 0 Å². The Balaban J connectivity index is 0. The van der Waals surface area contributed by atoms with E-state index >= 15 is 0 Å². The van der Waals surface area contributed by atoms with Crippen molar-refractivity contribution in [2.45, 2.75) is 0 Å². The normalized spacial score (nSPS) is 0. The standard InChI is InChI=1S/2ClH.K.H3N.Na/h2*1H;;1H3;/q;;+1;;+1/p-2. The summed E-state index contributed by atoms with van der Waals surface area (Å²) in [5.41, 5.74) is 0. The fourth-order valence-corrected chi connectivity index (χ4v) is 0. The van der Waals surface area contributed by atoms with E-state index in [1.54, 1.807) is 0 Å². The molecule has 0 aliphatic carbocycles. The van der Waals surface area contributed by atoms with E-state index in [0.29, 0.717) is 0 Å². The third kappa shape index (κ3) is 19.1. The van der Waals surface area contributed by atoms with E-state index in [-0.39, 0.29) is 112 Å². The second kappa shape index (κ2) is 27.1. The van der Waals surface area contributed by atoms with Crippen LogP contribution in [0, 0.1) is 0 Å². The van der Waals surface area contributed by atoms with E-state index in [2.05, 4.69) is 0 Å². The van der Waals surface area contributed by atoms with Crippen molar-refractivity contribution in [1.82, 2.24) is 6.15 Å². The van der Waals surface area contributed by atoms with Gasteiger partial charge in [0.1, 0.15) is 0 Å². The molecule has 0 fully saturated rings. The molecule has 0 unspecified atom stereocenters. The summed E-state index contributed by atoms with van der Waals surface area (Å²) in [4.78, 5) is 0. The van der Waals surface area contributed by atoms with Crippen LogP contribution >= 0.6 is 0 Å². The first-order valence-corrected chi connectivity index (χ1v) is 0. The smallest absolute Gasteiger partial charge is 1.00 e. The first-order chi connectivity index (χ1) is 0. The van der Waals surface area contributed by atoms with E-state index in [4.69, 9.17) is 0 Å². The SMILES string of the molecule is N.[Cl-].[Cl-].[K+].[Na+]. The van der Waals surface area contributed by atoms with Gasteiger partial charge in [-0.3, -0.25) is 0 Å². The van der Waals surface area contributed by atoms with Crippen molar-refractivity contribution in [3.8, 4) is 0 Å². The minimum absolute atomic E-state index is 0. The quantitative estimate of drug-likeness (QED) is 0.342. The number of hydrogen-bond acceptors (Lipinski definition) is 1. The molecule has 0 aliphatic heterocycles. The average molecular weight is 150 g/mol. The zero-order valence-electron chi connectivity index (χ0n) is 3.46. The first-order valence-electron chi connectivity index (χ1n) is 0. The number of halogens is 2. The molecule has 0 aromatic heterocycles. The van der Waals surface area contributed by atoms with Crippen LogP contribution in [0.5, 0.6) is 0 Å². The summed E-state index contributed by atoms with van der Waals surface area (Å²) in [6, 6.07) is 0. The van der Waals surface area contributed by atoms with Gasteiger partial charge < -0.3 is 31.0 Å². The van der Waals surface area contributed by atoms with E-state index in [1.807, 2.05) is 0 Å². The first kappa shape index (κ1) is 41.7. The summed E-state index contributed by atoms with van der Waals surface area (Å²) in [5, 5.41) is 0. The largest absolute Gasteiger partial charge is 1.00 e. The summed E-state index contributed by atoms with van der Waals surface area (Å²) in [6.45, 7) is 0. The van der Waals surface area contributed by atoms with E-state index in [0.717, 1.165) is 0 Å². The van der Waals surface area contributed by atoms with Gasteiger partial charge in [0, 0.05) is 0 Å². The molecule has 24 valence electrons. The third-order valence-corrected chi connectivity index (χ3v) is 0. The fraction of sp³-hybridized carbons (Fsp3) is 0. The predicted octanol–water partition coefficient (Wildman–Crippen LogP) is -11.8. The maximum absolute atomic E-state index is 0. The van der Waals surface area contributed by atoms with Gasteiger partial charge in [0.05, 0.1) is 0 Å². The predicted molar refractivity (Wildman–Crippen MR) is 5.02 cm³/mol. The van der Waals surface area contributed by atoms with Crippen LogP contribution in [0.2, 0.25) is 0 Å². The topological polar surface area (TPSA) is 35.0 Å². The maximum atomic E-state index is 0. The van der Waals surface area contributed by atoms with Crippen LogP contribution in [0.4, 0.5) is 0 Å². The zero-order chi connectivity index (χ0) is 0. The Bertz CT molecular complexity index is 9.61. The molecule has 5 heavy (non-hydrogen) atoms. The minimum Gasteiger partial charge on any atom is -1.00 e. The summed E-state index contributed by atoms with van der Waals surface area (Å²) in [7, 11) is 0. The van der Waals surface area contributed by atoms with Gasteiger partial charge in [-0.05, 0) is 0 Å². The van der Waals surface area contributed by atoms with Crippen molar-refractivity contribution >= 4 is 0 Å². The molecule has 0 saturated carbocycles. The molecule has 0 amide bonds. The van der Waals surface area contributed by atoms with Crippen molar-refractivity contribution in [3.63, 3.8) is 0 Å². The van der Waals surface area contributed by atoms with Gasteiger partial charge in [-0.2, -0.15) is 0 Å². The Labute approximate surface area is 109 Å². The molecule has 0 aromatic carbocycles. The van der Waals surface area contributed by atoms with Crippen molar-refractivity contribution in [1.29, 1.82) is 0 Å². The summed E-state index contributed by atoms with van der Waals surface area (Å²) < 4.78 is 0. The van der Waals surface area contributed by atoms with Gasteiger partial charge in [-0.1, -0.05) is 0 Å². The van der Waals surface area contributed by atoms with Gasteiger partial charge in [0.25, 0.3) is 0 Å². The monoisotopic (exact) mass is 149 g/mol. The Hall–Kier alpha value is 3.18. The molecule has 5 heteroatoms. The van der Waals surface area contributed by atoms with E-state index in [9.17, 15) is 0 Å². The van der Waals surface area contributed by atoms with Crippen LogP contribution in [-0.2, 0) is 0 Å². The Kier molecular flexibility index (Phi) is 226. The molecule has 0 bridgehead atoms. The molecule has 0 aliphatic rings. The van der Waals surface area contributed by atoms with Crippen molar-refractivity contribution in [2.75, 3.05) is 0 Å². The van der Waals surface area contributed by atoms with Crippen LogP contribution in [-0.4, -0.2) is 0 Å². The van der Waals surface area contributed by atoms with Crippen LogP contribution < -0.4 is 112 Å². The molecule has 0 atom stereocenters. The summed E-state index contributed by atoms with van der Waals surface area (Å²) in [5.74, 6) is 0. The third-order valence-electron chi connectivity index (χ3n) is 0. The molecular weight excluding hydrogens is 147 g/mol. The Morgan fingerprint density at radius 2 is 0.800 bits per heavy atom. The molecule has 0 rings (SSSR count). The summed E-state index contributed by atoms with van der Waals surface area (Å²) in [6.07, 6.45) is 0. The second-order valence-electron chi connectivity index (χ2n) is 0. The fourth-order valence-electron chi connectivity index (χ4n) is 0. The maximum Gasteiger partial charge on any atom is 1.00 e. The molecule has 3 N–H and O–H groups in total. The molecular formula is H3Cl2KNNa. The molecule has 0 aromatic rings. The minimum atomic E-state index is 0. The Morgan fingerprint density at radius 3 is 0.800 bits per heavy atom. The van der Waals surface area contributed by atoms with E-state index in [1.165, 1.54) is 0 Å². The van der Waals surface area contributed by atoms with Crippen LogP contribution in [0.3, 0.4) is 0 Å². The average Bonchev–Trinajstić information content (AvgIpc) is 0. The number of rotatable bonds is 0. The molecule has 0 heterocycles. The van der Waals surface area contributed by atoms with Gasteiger partial charge in [0.2, 0.25) is 0 Å². The summed E-state index contributed by atoms with van der Waals surface area (Å²) >= 11 is 0. The van der Waals surface area contributed by atoms with Crippen molar-refractivity contribution in [3.05, 3.63) is 0 Å². The van der Waals surface area contributed by atoms with Gasteiger partial charge in [0.15, 0.2) is 0 Å². The van der Waals surface area contributed by atoms with Crippen LogP contribution in [0.1, 0.15) is 0 Å². The van der Waals surface area contributed by atoms with Crippen molar-refractivity contribution in [2.24, 2.45) is 0 Å². The Morgan fingerprint density at radius 1 is 0.800 bits per heavy atom. The number of hydrogen-bond donors (Lipinski definition) is 1. The van der Waals surface area contributed by atoms with Crippen LogP contribution in [0.15, 0.2) is 0 Å². The van der Waals surface area contributed by atoms with E-state index < -0.39 is 0 Å². The second-order valence-corrected chi connectivity index (χ2v) is 0. The molecule has 1 nitrogen and oxygen atoms in total. The van der Waals surface area contributed by atoms with Crippen molar-refractivity contribution < 1.29 is 106 Å².